The summed E-state index contributed by atoms with van der Waals surface area (Å²) >= 11 is 1.52. The molecule has 0 spiro atoms. The molecule has 0 unspecified atom stereocenters. The van der Waals surface area contributed by atoms with Crippen LogP contribution < -0.4 is 15.8 Å². The van der Waals surface area contributed by atoms with Crippen LogP contribution in [0.25, 0.3) is 0 Å². The summed E-state index contributed by atoms with van der Waals surface area (Å²) < 4.78 is 11.5. The van der Waals surface area contributed by atoms with Crippen LogP contribution in [0.5, 0.6) is 5.75 Å². The number of hydrogen-bond donors (Lipinski definition) is 2. The molecule has 0 aliphatic heterocycles. The van der Waals surface area contributed by atoms with Gasteiger partial charge in [0.15, 0.2) is 0 Å². The summed E-state index contributed by atoms with van der Waals surface area (Å²) in [5.74, 6) is 0.437. The molecule has 1 fully saturated rings. The molecular weight excluding hydrogens is 338 g/mol. The van der Waals surface area contributed by atoms with E-state index in [9.17, 15) is 4.79 Å². The number of amides is 1. The van der Waals surface area contributed by atoms with Crippen molar-refractivity contribution in [1.29, 1.82) is 0 Å². The SMILES string of the molecule is NC1CCC(OCC(=O)Nc2ccccc2OCc2cscn2)CC1. The van der Waals surface area contributed by atoms with Crippen LogP contribution in [0.1, 0.15) is 31.4 Å². The van der Waals surface area contributed by atoms with Crippen LogP contribution in [-0.4, -0.2) is 29.6 Å². The minimum Gasteiger partial charge on any atom is -0.485 e. The van der Waals surface area contributed by atoms with Crippen LogP contribution in [0.15, 0.2) is 35.2 Å². The molecule has 1 aliphatic carbocycles. The Bertz CT molecular complexity index is 670. The van der Waals surface area contributed by atoms with E-state index in [1.165, 1.54) is 11.3 Å². The van der Waals surface area contributed by atoms with Crippen LogP contribution in [0.3, 0.4) is 0 Å². The molecule has 1 amide bonds. The minimum absolute atomic E-state index is 0.0420. The Morgan fingerprint density at radius 1 is 1.28 bits per heavy atom. The van der Waals surface area contributed by atoms with E-state index in [-0.39, 0.29) is 24.7 Å². The monoisotopic (exact) mass is 361 g/mol. The molecule has 1 heterocycles. The van der Waals surface area contributed by atoms with E-state index in [2.05, 4.69) is 10.3 Å². The fourth-order valence-corrected chi connectivity index (χ4v) is 3.33. The number of carbonyl (C=O) groups excluding carboxylic acids is 1. The van der Waals surface area contributed by atoms with Gasteiger partial charge >= 0.3 is 0 Å². The fraction of sp³-hybridized carbons (Fsp3) is 0.444. The summed E-state index contributed by atoms with van der Waals surface area (Å²) in [4.78, 5) is 16.4. The average Bonchev–Trinajstić information content (AvgIpc) is 3.14. The highest BCUT2D eigenvalue weighted by molar-refractivity contribution is 7.07. The molecule has 1 aliphatic rings. The molecule has 0 atom stereocenters. The van der Waals surface area contributed by atoms with Gasteiger partial charge in [-0.3, -0.25) is 4.79 Å². The largest absolute Gasteiger partial charge is 0.485 e. The van der Waals surface area contributed by atoms with Crippen LogP contribution in [0, 0.1) is 0 Å². The normalized spacial score (nSPS) is 20.2. The van der Waals surface area contributed by atoms with Crippen molar-refractivity contribution in [3.05, 3.63) is 40.8 Å². The third-order valence-corrected chi connectivity index (χ3v) is 4.82. The molecule has 0 radical (unpaired) electrons. The summed E-state index contributed by atoms with van der Waals surface area (Å²) in [7, 11) is 0. The van der Waals surface area contributed by atoms with Gasteiger partial charge in [0.05, 0.1) is 23.0 Å². The Hall–Kier alpha value is -1.96. The van der Waals surface area contributed by atoms with Crippen LogP contribution in [0.4, 0.5) is 5.69 Å². The number of rotatable bonds is 7. The van der Waals surface area contributed by atoms with Gasteiger partial charge in [-0.25, -0.2) is 4.98 Å². The summed E-state index contributed by atoms with van der Waals surface area (Å²) in [5, 5.41) is 4.79. The highest BCUT2D eigenvalue weighted by Crippen LogP contribution is 2.25. The van der Waals surface area contributed by atoms with E-state index >= 15 is 0 Å². The van der Waals surface area contributed by atoms with E-state index in [0.717, 1.165) is 31.4 Å². The Kier molecular flexibility index (Phi) is 6.38. The highest BCUT2D eigenvalue weighted by atomic mass is 32.1. The number of ether oxygens (including phenoxy) is 2. The Labute approximate surface area is 151 Å². The third-order valence-electron chi connectivity index (χ3n) is 4.19. The van der Waals surface area contributed by atoms with E-state index in [1.807, 2.05) is 29.6 Å². The first-order valence-electron chi connectivity index (χ1n) is 8.46. The molecule has 3 N–H and O–H groups in total. The zero-order valence-corrected chi connectivity index (χ0v) is 14.8. The predicted octanol–water partition coefficient (Wildman–Crippen LogP) is 2.95. The van der Waals surface area contributed by atoms with E-state index in [4.69, 9.17) is 15.2 Å². The molecular formula is C18H23N3O3S. The highest BCUT2D eigenvalue weighted by Gasteiger charge is 2.20. The summed E-state index contributed by atoms with van der Waals surface area (Å²) in [5.41, 5.74) is 9.15. The number of nitrogens with two attached hydrogens (primary N) is 1. The summed E-state index contributed by atoms with van der Waals surface area (Å²) in [6, 6.07) is 7.64. The zero-order chi connectivity index (χ0) is 17.5. The van der Waals surface area contributed by atoms with E-state index < -0.39 is 0 Å². The predicted molar refractivity (Wildman–Crippen MR) is 97.7 cm³/mol. The first-order chi connectivity index (χ1) is 12.2. The molecule has 3 rings (SSSR count). The van der Waals surface area contributed by atoms with Gasteiger partial charge in [-0.1, -0.05) is 12.1 Å². The average molecular weight is 361 g/mol. The molecule has 1 aromatic carbocycles. The Balaban J connectivity index is 1.49. The third kappa shape index (κ3) is 5.52. The lowest BCUT2D eigenvalue weighted by atomic mass is 9.94. The molecule has 2 aromatic rings. The van der Waals surface area contributed by atoms with Crippen molar-refractivity contribution < 1.29 is 14.3 Å². The number of nitrogens with zero attached hydrogens (tertiary/aromatic N) is 1. The number of hydrogen-bond acceptors (Lipinski definition) is 6. The second-order valence-electron chi connectivity index (χ2n) is 6.16. The van der Waals surface area contributed by atoms with Gasteiger partial charge in [0.2, 0.25) is 5.91 Å². The van der Waals surface area contributed by atoms with Crippen molar-refractivity contribution in [3.63, 3.8) is 0 Å². The van der Waals surface area contributed by atoms with E-state index in [0.29, 0.717) is 18.0 Å². The van der Waals surface area contributed by atoms with Gasteiger partial charge in [0, 0.05) is 11.4 Å². The smallest absolute Gasteiger partial charge is 0.250 e. The number of carbonyl (C=O) groups is 1. The van der Waals surface area contributed by atoms with Crippen molar-refractivity contribution in [3.8, 4) is 5.75 Å². The van der Waals surface area contributed by atoms with Crippen molar-refractivity contribution in [1.82, 2.24) is 4.98 Å². The van der Waals surface area contributed by atoms with Gasteiger partial charge in [-0.15, -0.1) is 11.3 Å². The second kappa shape index (κ2) is 8.94. The van der Waals surface area contributed by atoms with Crippen LogP contribution in [-0.2, 0) is 16.1 Å². The lowest BCUT2D eigenvalue weighted by Gasteiger charge is -2.25. The Morgan fingerprint density at radius 3 is 2.84 bits per heavy atom. The topological polar surface area (TPSA) is 86.5 Å². The minimum atomic E-state index is -0.181. The first kappa shape index (κ1) is 17.8. The second-order valence-corrected chi connectivity index (χ2v) is 6.88. The maximum absolute atomic E-state index is 12.2. The Morgan fingerprint density at radius 2 is 2.08 bits per heavy atom. The molecule has 1 aromatic heterocycles. The van der Waals surface area contributed by atoms with Crippen molar-refractivity contribution in [2.75, 3.05) is 11.9 Å². The maximum Gasteiger partial charge on any atom is 0.250 e. The lowest BCUT2D eigenvalue weighted by Crippen LogP contribution is -2.32. The van der Waals surface area contributed by atoms with Crippen molar-refractivity contribution in [2.45, 2.75) is 44.4 Å². The van der Waals surface area contributed by atoms with Crippen molar-refractivity contribution >= 4 is 22.9 Å². The molecule has 6 nitrogen and oxygen atoms in total. The molecule has 0 saturated heterocycles. The molecule has 0 bridgehead atoms. The quantitative estimate of drug-likeness (QED) is 0.792. The standard InChI is InChI=1S/C18H23N3O3S/c19-13-5-7-15(8-6-13)23-10-18(22)21-16-3-1-2-4-17(16)24-9-14-11-25-12-20-14/h1-4,11-13,15H,5-10,19H2,(H,21,22). The van der Waals surface area contributed by atoms with Gasteiger partial charge in [-0.2, -0.15) is 0 Å². The zero-order valence-electron chi connectivity index (χ0n) is 14.0. The lowest BCUT2D eigenvalue weighted by molar-refractivity contribution is -0.123. The molecule has 1 saturated carbocycles. The number of para-hydroxylation sites is 2. The first-order valence-corrected chi connectivity index (χ1v) is 9.41. The van der Waals surface area contributed by atoms with Gasteiger partial charge in [0.25, 0.3) is 0 Å². The number of anilines is 1. The molecule has 7 heteroatoms. The number of benzene rings is 1. The maximum atomic E-state index is 12.2. The summed E-state index contributed by atoms with van der Waals surface area (Å²) in [6.45, 7) is 0.412. The number of aromatic nitrogens is 1. The van der Waals surface area contributed by atoms with Gasteiger partial charge < -0.3 is 20.5 Å². The molecule has 25 heavy (non-hydrogen) atoms. The van der Waals surface area contributed by atoms with E-state index in [1.54, 1.807) is 5.51 Å². The summed E-state index contributed by atoms with van der Waals surface area (Å²) in [6.07, 6.45) is 3.88. The fourth-order valence-electron chi connectivity index (χ4n) is 2.79. The van der Waals surface area contributed by atoms with Gasteiger partial charge in [0.1, 0.15) is 19.0 Å². The number of nitrogens with one attached hydrogen (secondary N) is 1. The van der Waals surface area contributed by atoms with Gasteiger partial charge in [-0.05, 0) is 37.8 Å². The molecule has 134 valence electrons. The van der Waals surface area contributed by atoms with Crippen molar-refractivity contribution in [2.24, 2.45) is 5.73 Å². The number of thiazole rings is 1. The van der Waals surface area contributed by atoms with Crippen LogP contribution in [0.2, 0.25) is 0 Å². The van der Waals surface area contributed by atoms with Crippen LogP contribution >= 0.6 is 11.3 Å².